The number of aryl methyl sites for hydroxylation is 1. The predicted octanol–water partition coefficient (Wildman–Crippen LogP) is 5.83. The number of thioether (sulfide) groups is 1. The van der Waals surface area contributed by atoms with E-state index in [1.165, 1.54) is 10.5 Å². The molecule has 3 nitrogen and oxygen atoms in total. The van der Waals surface area contributed by atoms with Crippen LogP contribution in [0.1, 0.15) is 30.9 Å². The first-order valence-corrected chi connectivity index (χ1v) is 9.59. The molecule has 1 saturated heterocycles. The Morgan fingerprint density at radius 2 is 1.73 bits per heavy atom. The molecule has 132 valence electrons. The van der Waals surface area contributed by atoms with Gasteiger partial charge in [0.15, 0.2) is 0 Å². The van der Waals surface area contributed by atoms with E-state index >= 15 is 0 Å². The highest BCUT2D eigenvalue weighted by atomic mass is 32.2. The molecule has 1 aliphatic rings. The SMILES string of the molecule is CCCCc1ccc(N2C(=O)S/C(=C\C=C\c3ccccc3)C2=O)cc1. The number of carbonyl (C=O) groups excluding carboxylic acids is 2. The zero-order valence-electron chi connectivity index (χ0n) is 14.7. The first-order valence-electron chi connectivity index (χ1n) is 8.77. The fourth-order valence-electron chi connectivity index (χ4n) is 2.71. The lowest BCUT2D eigenvalue weighted by Gasteiger charge is -2.13. The van der Waals surface area contributed by atoms with Gasteiger partial charge in [-0.3, -0.25) is 9.59 Å². The molecule has 0 unspecified atom stereocenters. The minimum Gasteiger partial charge on any atom is -0.268 e. The van der Waals surface area contributed by atoms with Crippen LogP contribution in [-0.2, 0) is 11.2 Å². The predicted molar refractivity (Wildman–Crippen MR) is 109 cm³/mol. The van der Waals surface area contributed by atoms with Crippen LogP contribution in [0.15, 0.2) is 71.7 Å². The average molecular weight is 363 g/mol. The van der Waals surface area contributed by atoms with Gasteiger partial charge in [-0.2, -0.15) is 0 Å². The molecule has 4 heteroatoms. The summed E-state index contributed by atoms with van der Waals surface area (Å²) in [5.41, 5.74) is 2.90. The van der Waals surface area contributed by atoms with E-state index in [1.807, 2.05) is 60.7 Å². The molecule has 3 rings (SSSR count). The number of hydrogen-bond acceptors (Lipinski definition) is 3. The van der Waals surface area contributed by atoms with E-state index < -0.39 is 0 Å². The van der Waals surface area contributed by atoms with Gasteiger partial charge < -0.3 is 0 Å². The fraction of sp³-hybridized carbons (Fsp3) is 0.182. The molecule has 1 heterocycles. The van der Waals surface area contributed by atoms with E-state index in [9.17, 15) is 9.59 Å². The van der Waals surface area contributed by atoms with E-state index in [0.29, 0.717) is 10.6 Å². The van der Waals surface area contributed by atoms with Crippen molar-refractivity contribution in [2.24, 2.45) is 0 Å². The second-order valence-corrected chi connectivity index (χ2v) is 7.07. The average Bonchev–Trinajstić information content (AvgIpc) is 2.95. The van der Waals surface area contributed by atoms with E-state index in [2.05, 4.69) is 6.92 Å². The Morgan fingerprint density at radius 1 is 1.00 bits per heavy atom. The van der Waals surface area contributed by atoms with E-state index in [4.69, 9.17) is 0 Å². The zero-order valence-corrected chi connectivity index (χ0v) is 15.5. The second kappa shape index (κ2) is 8.68. The van der Waals surface area contributed by atoms with Crippen LogP contribution in [0.2, 0.25) is 0 Å². The standard InChI is InChI=1S/C22H21NO2S/c1-2-3-8-18-13-15-19(16-14-18)23-21(24)20(26-22(23)25)12-7-11-17-9-5-4-6-10-17/h4-7,9-16H,2-3,8H2,1H3/b11-7+,20-12-. The third kappa shape index (κ3) is 4.33. The van der Waals surface area contributed by atoms with Crippen molar-refractivity contribution in [3.05, 3.63) is 82.8 Å². The highest BCUT2D eigenvalue weighted by molar-refractivity contribution is 8.18. The van der Waals surface area contributed by atoms with Gasteiger partial charge in [0.05, 0.1) is 10.6 Å². The summed E-state index contributed by atoms with van der Waals surface area (Å²) in [4.78, 5) is 26.6. The van der Waals surface area contributed by atoms with Crippen LogP contribution in [0, 0.1) is 0 Å². The van der Waals surface area contributed by atoms with E-state index in [1.54, 1.807) is 12.2 Å². The minimum absolute atomic E-state index is 0.254. The lowest BCUT2D eigenvalue weighted by atomic mass is 10.1. The number of nitrogens with zero attached hydrogens (tertiary/aromatic N) is 1. The van der Waals surface area contributed by atoms with Crippen LogP contribution in [0.25, 0.3) is 6.08 Å². The van der Waals surface area contributed by atoms with E-state index in [0.717, 1.165) is 36.6 Å². The Balaban J connectivity index is 1.72. The summed E-state index contributed by atoms with van der Waals surface area (Å²) in [6.45, 7) is 2.16. The Kier molecular flexibility index (Phi) is 6.08. The van der Waals surface area contributed by atoms with Gasteiger partial charge >= 0.3 is 0 Å². The van der Waals surface area contributed by atoms with Crippen molar-refractivity contribution in [2.75, 3.05) is 4.90 Å². The van der Waals surface area contributed by atoms with E-state index in [-0.39, 0.29) is 11.1 Å². The molecule has 0 atom stereocenters. The lowest BCUT2D eigenvalue weighted by molar-refractivity contribution is -0.113. The first kappa shape index (κ1) is 18.2. The summed E-state index contributed by atoms with van der Waals surface area (Å²) in [5, 5.41) is -0.254. The Bertz CT molecular complexity index is 838. The van der Waals surface area contributed by atoms with Crippen molar-refractivity contribution in [1.29, 1.82) is 0 Å². The summed E-state index contributed by atoms with van der Waals surface area (Å²) in [6.07, 6.45) is 8.72. The zero-order chi connectivity index (χ0) is 18.4. The van der Waals surface area contributed by atoms with Crippen molar-refractivity contribution in [1.82, 2.24) is 0 Å². The summed E-state index contributed by atoms with van der Waals surface area (Å²) >= 11 is 0.977. The number of rotatable bonds is 6. The van der Waals surface area contributed by atoms with Crippen molar-refractivity contribution in [3.63, 3.8) is 0 Å². The molecule has 0 aliphatic carbocycles. The van der Waals surface area contributed by atoms with Gasteiger partial charge in [-0.15, -0.1) is 0 Å². The molecule has 0 spiro atoms. The van der Waals surface area contributed by atoms with Gasteiger partial charge in [-0.05, 0) is 53.9 Å². The van der Waals surface area contributed by atoms with Gasteiger partial charge in [-0.25, -0.2) is 4.90 Å². The third-order valence-electron chi connectivity index (χ3n) is 4.14. The molecule has 0 radical (unpaired) electrons. The molecular formula is C22H21NO2S. The Morgan fingerprint density at radius 3 is 2.42 bits per heavy atom. The normalized spacial score (nSPS) is 16.2. The van der Waals surface area contributed by atoms with Crippen LogP contribution in [0.5, 0.6) is 0 Å². The monoisotopic (exact) mass is 363 g/mol. The Hall–Kier alpha value is -2.59. The van der Waals surface area contributed by atoms with Gasteiger partial charge in [0.1, 0.15) is 0 Å². The van der Waals surface area contributed by atoms with Gasteiger partial charge in [-0.1, -0.05) is 68.0 Å². The third-order valence-corrected chi connectivity index (χ3v) is 5.03. The summed E-state index contributed by atoms with van der Waals surface area (Å²) in [7, 11) is 0. The highest BCUT2D eigenvalue weighted by Gasteiger charge is 2.35. The molecule has 26 heavy (non-hydrogen) atoms. The number of unbranched alkanes of at least 4 members (excludes halogenated alkanes) is 1. The van der Waals surface area contributed by atoms with Crippen LogP contribution in [0.3, 0.4) is 0 Å². The van der Waals surface area contributed by atoms with Crippen molar-refractivity contribution in [3.8, 4) is 0 Å². The summed E-state index contributed by atoms with van der Waals surface area (Å²) < 4.78 is 0. The number of anilines is 1. The number of allylic oxidation sites excluding steroid dienone is 2. The Labute approximate surface area is 158 Å². The minimum atomic E-state index is -0.265. The maximum atomic E-state index is 12.6. The number of benzene rings is 2. The van der Waals surface area contributed by atoms with Crippen molar-refractivity contribution >= 4 is 34.7 Å². The van der Waals surface area contributed by atoms with Crippen LogP contribution < -0.4 is 4.90 Å². The summed E-state index contributed by atoms with van der Waals surface area (Å²) in [6, 6.07) is 17.5. The maximum absolute atomic E-state index is 12.6. The molecular weight excluding hydrogens is 342 g/mol. The number of amides is 2. The van der Waals surface area contributed by atoms with Crippen molar-refractivity contribution in [2.45, 2.75) is 26.2 Å². The van der Waals surface area contributed by atoms with Crippen molar-refractivity contribution < 1.29 is 9.59 Å². The summed E-state index contributed by atoms with van der Waals surface area (Å²) in [5.74, 6) is -0.265. The number of hydrogen-bond donors (Lipinski definition) is 0. The van der Waals surface area contributed by atoms with Gasteiger partial charge in [0, 0.05) is 0 Å². The second-order valence-electron chi connectivity index (χ2n) is 6.08. The number of carbonyl (C=O) groups is 2. The molecule has 0 saturated carbocycles. The first-order chi connectivity index (χ1) is 12.7. The van der Waals surface area contributed by atoms with Gasteiger partial charge in [0.2, 0.25) is 0 Å². The van der Waals surface area contributed by atoms with Crippen LogP contribution in [0.4, 0.5) is 10.5 Å². The molecule has 2 aromatic rings. The number of imide groups is 1. The quantitative estimate of drug-likeness (QED) is 0.606. The molecule has 2 aromatic carbocycles. The molecule has 0 bridgehead atoms. The maximum Gasteiger partial charge on any atom is 0.298 e. The molecule has 1 aliphatic heterocycles. The molecule has 0 N–H and O–H groups in total. The smallest absolute Gasteiger partial charge is 0.268 e. The molecule has 0 aromatic heterocycles. The van der Waals surface area contributed by atoms with Crippen LogP contribution in [-0.4, -0.2) is 11.1 Å². The highest BCUT2D eigenvalue weighted by Crippen LogP contribution is 2.34. The molecule has 2 amide bonds. The molecule has 1 fully saturated rings. The topological polar surface area (TPSA) is 37.4 Å². The fourth-order valence-corrected chi connectivity index (χ4v) is 3.50. The largest absolute Gasteiger partial charge is 0.298 e. The lowest BCUT2D eigenvalue weighted by Crippen LogP contribution is -2.27. The van der Waals surface area contributed by atoms with Gasteiger partial charge in [0.25, 0.3) is 11.1 Å². The van der Waals surface area contributed by atoms with Crippen LogP contribution >= 0.6 is 11.8 Å².